The summed E-state index contributed by atoms with van der Waals surface area (Å²) < 4.78 is 14.4. The lowest BCUT2D eigenvalue weighted by molar-refractivity contribution is 0.0518. The Bertz CT molecular complexity index is 471. The third-order valence-electron chi connectivity index (χ3n) is 3.67. The van der Waals surface area contributed by atoms with Crippen LogP contribution in [0.1, 0.15) is 30.1 Å². The van der Waals surface area contributed by atoms with E-state index in [9.17, 15) is 14.3 Å². The van der Waals surface area contributed by atoms with E-state index in [1.807, 2.05) is 0 Å². The van der Waals surface area contributed by atoms with Crippen LogP contribution in [-0.2, 0) is 0 Å². The van der Waals surface area contributed by atoms with Gasteiger partial charge in [0, 0.05) is 17.6 Å². The average Bonchev–Trinajstić information content (AvgIpc) is 2.41. The summed E-state index contributed by atoms with van der Waals surface area (Å²) in [6, 6.07) is 4.38. The summed E-state index contributed by atoms with van der Waals surface area (Å²) in [5, 5.41) is 9.53. The number of amides is 1. The largest absolute Gasteiger partial charge is 0.393 e. The van der Waals surface area contributed by atoms with Crippen LogP contribution >= 0.6 is 15.9 Å². The van der Waals surface area contributed by atoms with E-state index >= 15 is 0 Å². The minimum atomic E-state index is -0.495. The minimum absolute atomic E-state index is 0.102. The highest BCUT2D eigenvalue weighted by Gasteiger charge is 2.27. The van der Waals surface area contributed by atoms with E-state index in [0.717, 1.165) is 12.8 Å². The van der Waals surface area contributed by atoms with Crippen molar-refractivity contribution in [3.63, 3.8) is 0 Å². The van der Waals surface area contributed by atoms with E-state index in [1.54, 1.807) is 17.9 Å². The standard InChI is InChI=1S/C14H17BrFNO2/c1-9(18)10-4-6-17(7-5-10)14(19)12-8-11(15)2-3-13(12)16/h2-3,8-10,18H,4-7H2,1H3. The van der Waals surface area contributed by atoms with Gasteiger partial charge in [0.05, 0.1) is 11.7 Å². The molecule has 1 heterocycles. The number of hydrogen-bond donors (Lipinski definition) is 1. The smallest absolute Gasteiger partial charge is 0.256 e. The van der Waals surface area contributed by atoms with Gasteiger partial charge in [-0.25, -0.2) is 4.39 Å². The summed E-state index contributed by atoms with van der Waals surface area (Å²) in [5.74, 6) is -0.537. The Morgan fingerprint density at radius 3 is 2.68 bits per heavy atom. The van der Waals surface area contributed by atoms with Crippen LogP contribution in [0.15, 0.2) is 22.7 Å². The molecule has 104 valence electrons. The Morgan fingerprint density at radius 2 is 2.11 bits per heavy atom. The number of likely N-dealkylation sites (tertiary alicyclic amines) is 1. The molecule has 1 aliphatic heterocycles. The van der Waals surface area contributed by atoms with Crippen LogP contribution in [-0.4, -0.2) is 35.1 Å². The first-order valence-corrected chi connectivity index (χ1v) is 7.20. The van der Waals surface area contributed by atoms with Gasteiger partial charge in [-0.3, -0.25) is 4.79 Å². The molecule has 0 spiro atoms. The number of halogens is 2. The van der Waals surface area contributed by atoms with E-state index in [4.69, 9.17) is 0 Å². The van der Waals surface area contributed by atoms with Crippen molar-refractivity contribution in [2.45, 2.75) is 25.9 Å². The van der Waals surface area contributed by atoms with Crippen LogP contribution in [0.25, 0.3) is 0 Å². The molecule has 1 saturated heterocycles. The predicted octanol–water partition coefficient (Wildman–Crippen LogP) is 2.82. The van der Waals surface area contributed by atoms with Gasteiger partial charge in [0.25, 0.3) is 5.91 Å². The summed E-state index contributed by atoms with van der Waals surface area (Å²) in [5.41, 5.74) is 0.102. The number of aliphatic hydroxyl groups is 1. The lowest BCUT2D eigenvalue weighted by Gasteiger charge is -2.33. The van der Waals surface area contributed by atoms with Crippen molar-refractivity contribution in [3.05, 3.63) is 34.1 Å². The first-order valence-electron chi connectivity index (χ1n) is 6.41. The Hall–Kier alpha value is -0.940. The van der Waals surface area contributed by atoms with Crippen LogP contribution in [0, 0.1) is 11.7 Å². The molecular weight excluding hydrogens is 313 g/mol. The van der Waals surface area contributed by atoms with Crippen molar-refractivity contribution in [1.29, 1.82) is 0 Å². The second kappa shape index (κ2) is 6.01. The molecule has 0 aromatic heterocycles. The van der Waals surface area contributed by atoms with E-state index in [2.05, 4.69) is 15.9 Å². The Labute approximate surface area is 120 Å². The molecule has 1 unspecified atom stereocenters. The van der Waals surface area contributed by atoms with Gasteiger partial charge in [0.2, 0.25) is 0 Å². The van der Waals surface area contributed by atoms with Gasteiger partial charge in [0.1, 0.15) is 5.82 Å². The fourth-order valence-electron chi connectivity index (χ4n) is 2.42. The number of carbonyl (C=O) groups is 1. The topological polar surface area (TPSA) is 40.5 Å². The molecule has 3 nitrogen and oxygen atoms in total. The van der Waals surface area contributed by atoms with Crippen LogP contribution in [0.4, 0.5) is 4.39 Å². The maximum atomic E-state index is 13.7. The number of hydrogen-bond acceptors (Lipinski definition) is 2. The molecule has 1 amide bonds. The average molecular weight is 330 g/mol. The number of nitrogens with zero attached hydrogens (tertiary/aromatic N) is 1. The Balaban J connectivity index is 2.07. The summed E-state index contributed by atoms with van der Waals surface area (Å²) >= 11 is 3.25. The number of rotatable bonds is 2. The fraction of sp³-hybridized carbons (Fsp3) is 0.500. The van der Waals surface area contributed by atoms with Gasteiger partial charge >= 0.3 is 0 Å². The van der Waals surface area contributed by atoms with E-state index < -0.39 is 5.82 Å². The first-order chi connectivity index (χ1) is 8.99. The number of carbonyl (C=O) groups excluding carboxylic acids is 1. The lowest BCUT2D eigenvalue weighted by atomic mass is 9.92. The highest BCUT2D eigenvalue weighted by Crippen LogP contribution is 2.23. The van der Waals surface area contributed by atoms with Gasteiger partial charge in [0.15, 0.2) is 0 Å². The Morgan fingerprint density at radius 1 is 1.47 bits per heavy atom. The zero-order chi connectivity index (χ0) is 14.0. The Kier molecular flexibility index (Phi) is 4.58. The predicted molar refractivity (Wildman–Crippen MR) is 74.4 cm³/mol. The molecular formula is C14H17BrFNO2. The van der Waals surface area contributed by atoms with E-state index in [-0.39, 0.29) is 23.5 Å². The second-order valence-electron chi connectivity index (χ2n) is 4.99. The fourth-order valence-corrected chi connectivity index (χ4v) is 2.78. The molecule has 5 heteroatoms. The van der Waals surface area contributed by atoms with Crippen molar-refractivity contribution < 1.29 is 14.3 Å². The van der Waals surface area contributed by atoms with Crippen molar-refractivity contribution in [1.82, 2.24) is 4.90 Å². The summed E-state index contributed by atoms with van der Waals surface area (Å²) in [6.07, 6.45) is 1.18. The first kappa shape index (κ1) is 14.5. The second-order valence-corrected chi connectivity index (χ2v) is 5.91. The molecule has 0 radical (unpaired) electrons. The van der Waals surface area contributed by atoms with Crippen LogP contribution in [0.2, 0.25) is 0 Å². The molecule has 1 atom stereocenters. The van der Waals surface area contributed by atoms with Crippen LogP contribution in [0.5, 0.6) is 0 Å². The molecule has 1 aliphatic rings. The zero-order valence-corrected chi connectivity index (χ0v) is 12.4. The monoisotopic (exact) mass is 329 g/mol. The summed E-state index contributed by atoms with van der Waals surface area (Å²) in [6.45, 7) is 2.91. The van der Waals surface area contributed by atoms with Gasteiger partial charge < -0.3 is 10.0 Å². The van der Waals surface area contributed by atoms with Crippen molar-refractivity contribution in [2.75, 3.05) is 13.1 Å². The van der Waals surface area contributed by atoms with Crippen LogP contribution < -0.4 is 0 Å². The normalized spacial score (nSPS) is 18.4. The molecule has 1 N–H and O–H groups in total. The van der Waals surface area contributed by atoms with Crippen molar-refractivity contribution in [2.24, 2.45) is 5.92 Å². The highest BCUT2D eigenvalue weighted by atomic mass is 79.9. The van der Waals surface area contributed by atoms with Gasteiger partial charge in [-0.1, -0.05) is 15.9 Å². The van der Waals surface area contributed by atoms with E-state index in [1.165, 1.54) is 12.1 Å². The van der Waals surface area contributed by atoms with Crippen molar-refractivity contribution in [3.8, 4) is 0 Å². The molecule has 0 aliphatic carbocycles. The SMILES string of the molecule is CC(O)C1CCN(C(=O)c2cc(Br)ccc2F)CC1. The quantitative estimate of drug-likeness (QED) is 0.906. The molecule has 2 rings (SSSR count). The van der Waals surface area contributed by atoms with Crippen LogP contribution in [0.3, 0.4) is 0 Å². The molecule has 0 bridgehead atoms. The number of aliphatic hydroxyl groups excluding tert-OH is 1. The molecule has 19 heavy (non-hydrogen) atoms. The number of benzene rings is 1. The minimum Gasteiger partial charge on any atom is -0.393 e. The maximum absolute atomic E-state index is 13.7. The third-order valence-corrected chi connectivity index (χ3v) is 4.16. The lowest BCUT2D eigenvalue weighted by Crippen LogP contribution is -2.41. The van der Waals surface area contributed by atoms with Gasteiger partial charge in [-0.15, -0.1) is 0 Å². The molecule has 1 fully saturated rings. The molecule has 0 saturated carbocycles. The third kappa shape index (κ3) is 3.34. The zero-order valence-electron chi connectivity index (χ0n) is 10.8. The van der Waals surface area contributed by atoms with Gasteiger partial charge in [-0.05, 0) is 43.9 Å². The summed E-state index contributed by atoms with van der Waals surface area (Å²) in [7, 11) is 0. The summed E-state index contributed by atoms with van der Waals surface area (Å²) in [4.78, 5) is 13.9. The molecule has 1 aromatic carbocycles. The molecule has 1 aromatic rings. The van der Waals surface area contributed by atoms with Gasteiger partial charge in [-0.2, -0.15) is 0 Å². The highest BCUT2D eigenvalue weighted by molar-refractivity contribution is 9.10. The number of piperidine rings is 1. The maximum Gasteiger partial charge on any atom is 0.256 e. The van der Waals surface area contributed by atoms with E-state index in [0.29, 0.717) is 17.6 Å². The van der Waals surface area contributed by atoms with Crippen molar-refractivity contribution >= 4 is 21.8 Å².